The van der Waals surface area contributed by atoms with Gasteiger partial charge in [0.25, 0.3) is 0 Å². The maximum absolute atomic E-state index is 14.0. The molecule has 0 aliphatic rings. The Morgan fingerprint density at radius 2 is 1.67 bits per heavy atom. The molecule has 4 aromatic rings. The number of rotatable bonds is 7. The third-order valence-electron chi connectivity index (χ3n) is 5.27. The Bertz CT molecular complexity index is 1330. The molecule has 0 aliphatic carbocycles. The molecule has 6 heteroatoms. The van der Waals surface area contributed by atoms with Crippen LogP contribution in [0.2, 0.25) is 0 Å². The lowest BCUT2D eigenvalue weighted by Gasteiger charge is -2.18. The summed E-state index contributed by atoms with van der Waals surface area (Å²) in [6.07, 6.45) is 1.59. The summed E-state index contributed by atoms with van der Waals surface area (Å²) in [6, 6.07) is 24.4. The predicted molar refractivity (Wildman–Crippen MR) is 130 cm³/mol. The molecule has 1 heterocycles. The van der Waals surface area contributed by atoms with Gasteiger partial charge >= 0.3 is 6.09 Å². The Kier molecular flexibility index (Phi) is 6.45. The SMILES string of the molecule is C=CCc1c(-c2ccccc2)nc2ccccc2c1C(=O)c1ccccc1NNC(=O)OC. The molecule has 2 N–H and O–H groups in total. The maximum Gasteiger partial charge on any atom is 0.425 e. The van der Waals surface area contributed by atoms with E-state index in [-0.39, 0.29) is 5.78 Å². The fourth-order valence-corrected chi connectivity index (χ4v) is 3.78. The molecule has 4 rings (SSSR count). The molecule has 0 bridgehead atoms. The normalized spacial score (nSPS) is 10.5. The van der Waals surface area contributed by atoms with Crippen molar-refractivity contribution in [2.45, 2.75) is 6.42 Å². The van der Waals surface area contributed by atoms with E-state index in [1.54, 1.807) is 30.3 Å². The number of carbonyl (C=O) groups is 2. The van der Waals surface area contributed by atoms with Crippen molar-refractivity contribution in [1.82, 2.24) is 10.4 Å². The second-order valence-corrected chi connectivity index (χ2v) is 7.31. The van der Waals surface area contributed by atoms with Crippen molar-refractivity contribution >= 4 is 28.5 Å². The quantitative estimate of drug-likeness (QED) is 0.225. The second-order valence-electron chi connectivity index (χ2n) is 7.31. The lowest BCUT2D eigenvalue weighted by molar-refractivity contribution is 0.104. The topological polar surface area (TPSA) is 80.3 Å². The summed E-state index contributed by atoms with van der Waals surface area (Å²) in [7, 11) is 1.27. The van der Waals surface area contributed by atoms with Crippen LogP contribution in [-0.2, 0) is 11.2 Å². The van der Waals surface area contributed by atoms with Gasteiger partial charge in [0.05, 0.1) is 24.0 Å². The Balaban J connectivity index is 1.94. The highest BCUT2D eigenvalue weighted by Gasteiger charge is 2.23. The van der Waals surface area contributed by atoms with Gasteiger partial charge in [-0.05, 0) is 30.2 Å². The molecule has 33 heavy (non-hydrogen) atoms. The zero-order chi connectivity index (χ0) is 23.2. The number of aromatic nitrogens is 1. The van der Waals surface area contributed by atoms with Crippen molar-refractivity contribution in [2.75, 3.05) is 12.5 Å². The number of fused-ring (bicyclic) bond motifs is 1. The number of hydrazine groups is 1. The monoisotopic (exact) mass is 437 g/mol. The molecular weight excluding hydrogens is 414 g/mol. The highest BCUT2D eigenvalue weighted by Crippen LogP contribution is 2.33. The molecule has 0 saturated carbocycles. The number of ketones is 1. The number of carbonyl (C=O) groups excluding carboxylic acids is 2. The molecular formula is C27H23N3O3. The standard InChI is InChI=1S/C27H23N3O3/c1-3-11-21-24(26(31)20-15-8-10-17-23(20)29-30-27(32)33-2)19-14-7-9-16-22(19)28-25(21)18-12-5-4-6-13-18/h3-10,12-17,29H,1,11H2,2H3,(H,30,32). The molecule has 0 saturated heterocycles. The van der Waals surface area contributed by atoms with Crippen LogP contribution in [0.3, 0.4) is 0 Å². The van der Waals surface area contributed by atoms with E-state index in [1.165, 1.54) is 7.11 Å². The summed E-state index contributed by atoms with van der Waals surface area (Å²) >= 11 is 0. The first-order valence-corrected chi connectivity index (χ1v) is 10.5. The van der Waals surface area contributed by atoms with Gasteiger partial charge in [-0.1, -0.05) is 66.7 Å². The van der Waals surface area contributed by atoms with Crippen LogP contribution in [0.4, 0.5) is 10.5 Å². The predicted octanol–water partition coefficient (Wildman–Crippen LogP) is 5.54. The molecule has 0 fully saturated rings. The van der Waals surface area contributed by atoms with Crippen molar-refractivity contribution < 1.29 is 14.3 Å². The first-order valence-electron chi connectivity index (χ1n) is 10.5. The van der Waals surface area contributed by atoms with Gasteiger partial charge in [0.15, 0.2) is 5.78 Å². The number of nitrogens with zero attached hydrogens (tertiary/aromatic N) is 1. The van der Waals surface area contributed by atoms with Gasteiger partial charge in [-0.2, -0.15) is 0 Å². The molecule has 0 aliphatic heterocycles. The molecule has 0 unspecified atom stereocenters. The number of hydrogen-bond donors (Lipinski definition) is 2. The van der Waals surface area contributed by atoms with E-state index in [0.29, 0.717) is 23.2 Å². The number of anilines is 1. The lowest BCUT2D eigenvalue weighted by atomic mass is 9.89. The van der Waals surface area contributed by atoms with Gasteiger partial charge in [0.1, 0.15) is 0 Å². The molecule has 3 aromatic carbocycles. The number of allylic oxidation sites excluding steroid dienone is 1. The van der Waals surface area contributed by atoms with E-state index in [9.17, 15) is 9.59 Å². The number of hydrogen-bond acceptors (Lipinski definition) is 5. The second kappa shape index (κ2) is 9.78. The molecule has 1 amide bonds. The van der Waals surface area contributed by atoms with Gasteiger partial charge in [-0.25, -0.2) is 15.2 Å². The van der Waals surface area contributed by atoms with Crippen molar-refractivity contribution in [1.29, 1.82) is 0 Å². The Morgan fingerprint density at radius 3 is 2.42 bits per heavy atom. The van der Waals surface area contributed by atoms with E-state index in [0.717, 1.165) is 27.7 Å². The summed E-state index contributed by atoms with van der Waals surface area (Å²) in [5.41, 5.74) is 9.83. The van der Waals surface area contributed by atoms with Crippen LogP contribution >= 0.6 is 0 Å². The first kappa shape index (κ1) is 21.8. The van der Waals surface area contributed by atoms with Crippen molar-refractivity contribution in [3.05, 3.63) is 108 Å². The third-order valence-corrected chi connectivity index (χ3v) is 5.27. The minimum atomic E-state index is -0.662. The molecule has 164 valence electrons. The van der Waals surface area contributed by atoms with E-state index in [4.69, 9.17) is 4.98 Å². The van der Waals surface area contributed by atoms with E-state index < -0.39 is 6.09 Å². The summed E-state index contributed by atoms with van der Waals surface area (Å²) in [5.74, 6) is -0.183. The third kappa shape index (κ3) is 4.45. The number of amides is 1. The summed E-state index contributed by atoms with van der Waals surface area (Å²) in [5, 5.41) is 0.759. The minimum absolute atomic E-state index is 0.183. The van der Waals surface area contributed by atoms with Crippen LogP contribution in [0.15, 0.2) is 91.5 Å². The van der Waals surface area contributed by atoms with Crippen LogP contribution < -0.4 is 10.9 Å². The number of nitrogens with one attached hydrogen (secondary N) is 2. The van der Waals surface area contributed by atoms with Gasteiger partial charge in [0.2, 0.25) is 0 Å². The van der Waals surface area contributed by atoms with E-state index >= 15 is 0 Å². The Morgan fingerprint density at radius 1 is 0.970 bits per heavy atom. The fraction of sp³-hybridized carbons (Fsp3) is 0.0741. The highest BCUT2D eigenvalue weighted by molar-refractivity contribution is 6.20. The first-order chi connectivity index (χ1) is 16.1. The van der Waals surface area contributed by atoms with E-state index in [2.05, 4.69) is 22.2 Å². The zero-order valence-corrected chi connectivity index (χ0v) is 18.2. The Hall–Kier alpha value is -4.45. The van der Waals surface area contributed by atoms with E-state index in [1.807, 2.05) is 54.6 Å². The van der Waals surface area contributed by atoms with Gasteiger partial charge < -0.3 is 4.74 Å². The molecule has 6 nitrogen and oxygen atoms in total. The van der Waals surface area contributed by atoms with Crippen molar-refractivity contribution in [3.63, 3.8) is 0 Å². The lowest BCUT2D eigenvalue weighted by Crippen LogP contribution is -2.30. The number of benzene rings is 3. The number of pyridine rings is 1. The smallest absolute Gasteiger partial charge is 0.425 e. The van der Waals surface area contributed by atoms with Crippen LogP contribution in [0.5, 0.6) is 0 Å². The highest BCUT2D eigenvalue weighted by atomic mass is 16.5. The molecule has 0 atom stereocenters. The molecule has 0 spiro atoms. The summed E-state index contributed by atoms with van der Waals surface area (Å²) < 4.78 is 4.61. The van der Waals surface area contributed by atoms with Gasteiger partial charge in [0, 0.05) is 22.1 Å². The number of para-hydroxylation sites is 2. The van der Waals surface area contributed by atoms with Crippen LogP contribution in [-0.4, -0.2) is 24.0 Å². The van der Waals surface area contributed by atoms with Crippen molar-refractivity contribution in [3.8, 4) is 11.3 Å². The Labute approximate surface area is 191 Å². The van der Waals surface area contributed by atoms with Crippen LogP contribution in [0, 0.1) is 0 Å². The summed E-state index contributed by atoms with van der Waals surface area (Å²) in [4.78, 5) is 30.5. The van der Waals surface area contributed by atoms with Gasteiger partial charge in [-0.15, -0.1) is 6.58 Å². The number of ether oxygens (including phenoxy) is 1. The minimum Gasteiger partial charge on any atom is -0.452 e. The largest absolute Gasteiger partial charge is 0.452 e. The van der Waals surface area contributed by atoms with Crippen molar-refractivity contribution in [2.24, 2.45) is 0 Å². The van der Waals surface area contributed by atoms with Crippen LogP contribution in [0.25, 0.3) is 22.2 Å². The maximum atomic E-state index is 14.0. The summed E-state index contributed by atoms with van der Waals surface area (Å²) in [6.45, 7) is 3.91. The average Bonchev–Trinajstić information content (AvgIpc) is 2.87. The fourth-order valence-electron chi connectivity index (χ4n) is 3.78. The van der Waals surface area contributed by atoms with Crippen LogP contribution in [0.1, 0.15) is 21.5 Å². The van der Waals surface area contributed by atoms with Gasteiger partial charge in [-0.3, -0.25) is 10.2 Å². The molecule has 0 radical (unpaired) electrons. The average molecular weight is 437 g/mol. The molecule has 1 aromatic heterocycles. The zero-order valence-electron chi connectivity index (χ0n) is 18.2. The number of methoxy groups -OCH3 is 1.